The first-order chi connectivity index (χ1) is 7.17. The van der Waals surface area contributed by atoms with Gasteiger partial charge < -0.3 is 5.32 Å². The number of rotatable bonds is 5. The molecule has 0 radical (unpaired) electrons. The molecule has 0 bridgehead atoms. The largest absolute Gasteiger partial charge is 0.381 e. The monoisotopic (exact) mass is 273 g/mol. The quantitative estimate of drug-likeness (QED) is 0.828. The van der Waals surface area contributed by atoms with E-state index in [2.05, 4.69) is 35.1 Å². The maximum atomic E-state index is 13.0. The van der Waals surface area contributed by atoms with Crippen LogP contribution in [0.4, 0.5) is 10.1 Å². The lowest BCUT2D eigenvalue weighted by atomic mass is 10.1. The van der Waals surface area contributed by atoms with Gasteiger partial charge in [0.05, 0.1) is 5.69 Å². The number of benzene rings is 1. The molecule has 0 aliphatic carbocycles. The van der Waals surface area contributed by atoms with Crippen molar-refractivity contribution < 1.29 is 4.39 Å². The van der Waals surface area contributed by atoms with Gasteiger partial charge in [-0.15, -0.1) is 0 Å². The maximum absolute atomic E-state index is 13.0. The third kappa shape index (κ3) is 3.82. The van der Waals surface area contributed by atoms with Crippen LogP contribution in [0.15, 0.2) is 22.7 Å². The van der Waals surface area contributed by atoms with Crippen molar-refractivity contribution in [1.29, 1.82) is 0 Å². The third-order valence-corrected chi connectivity index (χ3v) is 3.11. The van der Waals surface area contributed by atoms with Crippen molar-refractivity contribution in [2.24, 2.45) is 0 Å². The van der Waals surface area contributed by atoms with Gasteiger partial charge >= 0.3 is 0 Å². The van der Waals surface area contributed by atoms with Crippen LogP contribution in [0.3, 0.4) is 0 Å². The van der Waals surface area contributed by atoms with Gasteiger partial charge in [0.15, 0.2) is 0 Å². The molecule has 0 saturated carbocycles. The Morgan fingerprint density at radius 3 is 2.73 bits per heavy atom. The van der Waals surface area contributed by atoms with Crippen LogP contribution in [0.25, 0.3) is 0 Å². The van der Waals surface area contributed by atoms with Gasteiger partial charge in [0.25, 0.3) is 0 Å². The van der Waals surface area contributed by atoms with Crippen LogP contribution < -0.4 is 5.32 Å². The van der Waals surface area contributed by atoms with Gasteiger partial charge in [-0.25, -0.2) is 4.39 Å². The first-order valence-electron chi connectivity index (χ1n) is 5.39. The van der Waals surface area contributed by atoms with E-state index in [9.17, 15) is 4.39 Å². The number of anilines is 1. The van der Waals surface area contributed by atoms with Crippen molar-refractivity contribution in [3.8, 4) is 0 Å². The van der Waals surface area contributed by atoms with Crippen molar-refractivity contribution in [3.63, 3.8) is 0 Å². The zero-order chi connectivity index (χ0) is 11.3. The summed E-state index contributed by atoms with van der Waals surface area (Å²) in [6.07, 6.45) is 3.30. The molecule has 0 fully saturated rings. The second-order valence-electron chi connectivity index (χ2n) is 3.66. The summed E-state index contributed by atoms with van der Waals surface area (Å²) >= 11 is 3.41. The molecule has 1 atom stereocenters. The van der Waals surface area contributed by atoms with E-state index in [1.54, 1.807) is 6.07 Å². The van der Waals surface area contributed by atoms with E-state index in [4.69, 9.17) is 0 Å². The van der Waals surface area contributed by atoms with Gasteiger partial charge in [-0.1, -0.05) is 20.3 Å². The zero-order valence-corrected chi connectivity index (χ0v) is 10.8. The number of hydrogen-bond acceptors (Lipinski definition) is 1. The Morgan fingerprint density at radius 1 is 1.40 bits per heavy atom. The second kappa shape index (κ2) is 6.11. The summed E-state index contributed by atoms with van der Waals surface area (Å²) in [4.78, 5) is 0. The van der Waals surface area contributed by atoms with Crippen LogP contribution in [-0.4, -0.2) is 6.04 Å². The van der Waals surface area contributed by atoms with Gasteiger partial charge in [0.2, 0.25) is 0 Å². The molecule has 0 aromatic heterocycles. The predicted octanol–water partition coefficient (Wildman–Crippen LogP) is 4.58. The molecule has 15 heavy (non-hydrogen) atoms. The lowest BCUT2D eigenvalue weighted by Crippen LogP contribution is -2.18. The summed E-state index contributed by atoms with van der Waals surface area (Å²) in [5, 5.41) is 3.35. The molecule has 0 aliphatic heterocycles. The normalized spacial score (nSPS) is 12.5. The molecule has 84 valence electrons. The van der Waals surface area contributed by atoms with Gasteiger partial charge in [-0.05, 0) is 47.0 Å². The van der Waals surface area contributed by atoms with Crippen LogP contribution in [0.1, 0.15) is 33.1 Å². The van der Waals surface area contributed by atoms with E-state index in [-0.39, 0.29) is 5.82 Å². The van der Waals surface area contributed by atoms with E-state index < -0.39 is 0 Å². The Balaban J connectivity index is 2.73. The molecule has 0 aliphatic rings. The number of nitrogens with one attached hydrogen (secondary N) is 1. The Hall–Kier alpha value is -0.570. The van der Waals surface area contributed by atoms with E-state index in [0.717, 1.165) is 29.4 Å². The maximum Gasteiger partial charge on any atom is 0.125 e. The lowest BCUT2D eigenvalue weighted by molar-refractivity contribution is 0.614. The number of hydrogen-bond donors (Lipinski definition) is 1. The Bertz CT molecular complexity index is 314. The summed E-state index contributed by atoms with van der Waals surface area (Å²) in [5.41, 5.74) is 0.843. The van der Waals surface area contributed by atoms with E-state index in [0.29, 0.717) is 6.04 Å². The highest BCUT2D eigenvalue weighted by Crippen LogP contribution is 2.24. The second-order valence-corrected chi connectivity index (χ2v) is 4.52. The highest BCUT2D eigenvalue weighted by atomic mass is 79.9. The average Bonchev–Trinajstić information content (AvgIpc) is 2.22. The molecule has 1 nitrogen and oxygen atoms in total. The smallest absolute Gasteiger partial charge is 0.125 e. The van der Waals surface area contributed by atoms with Crippen LogP contribution in [0.2, 0.25) is 0 Å². The molecule has 0 amide bonds. The molecule has 0 saturated heterocycles. The molecule has 1 aromatic carbocycles. The molecule has 1 N–H and O–H groups in total. The van der Waals surface area contributed by atoms with Crippen molar-refractivity contribution in [3.05, 3.63) is 28.5 Å². The van der Waals surface area contributed by atoms with Crippen LogP contribution >= 0.6 is 15.9 Å². The Kier molecular flexibility index (Phi) is 5.09. The zero-order valence-electron chi connectivity index (χ0n) is 9.19. The van der Waals surface area contributed by atoms with Gasteiger partial charge in [-0.2, -0.15) is 0 Å². The summed E-state index contributed by atoms with van der Waals surface area (Å²) in [6.45, 7) is 4.30. The van der Waals surface area contributed by atoms with E-state index >= 15 is 0 Å². The molecule has 1 unspecified atom stereocenters. The fraction of sp³-hybridized carbons (Fsp3) is 0.500. The van der Waals surface area contributed by atoms with Crippen molar-refractivity contribution in [2.45, 2.75) is 39.2 Å². The number of halogens is 2. The highest BCUT2D eigenvalue weighted by molar-refractivity contribution is 9.10. The van der Waals surface area contributed by atoms with Crippen molar-refractivity contribution in [2.75, 3.05) is 5.32 Å². The molecule has 1 aromatic rings. The molecule has 0 heterocycles. The molecule has 0 spiro atoms. The Labute approximate surface area is 99.2 Å². The minimum Gasteiger partial charge on any atom is -0.381 e. The average molecular weight is 274 g/mol. The SMILES string of the molecule is CCCC(CC)Nc1cc(F)ccc1Br. The van der Waals surface area contributed by atoms with Gasteiger partial charge in [0, 0.05) is 10.5 Å². The molecular formula is C12H17BrFN. The first kappa shape index (κ1) is 12.5. The molecule has 1 rings (SSSR count). The standard InChI is InChI=1S/C12H17BrFN/c1-3-5-10(4-2)15-12-8-9(14)6-7-11(12)13/h6-8,10,15H,3-5H2,1-2H3. The fourth-order valence-electron chi connectivity index (χ4n) is 1.55. The minimum absolute atomic E-state index is 0.202. The van der Waals surface area contributed by atoms with Crippen LogP contribution in [0, 0.1) is 5.82 Å². The van der Waals surface area contributed by atoms with Crippen LogP contribution in [-0.2, 0) is 0 Å². The van der Waals surface area contributed by atoms with Gasteiger partial charge in [-0.3, -0.25) is 0 Å². The predicted molar refractivity (Wildman–Crippen MR) is 66.7 cm³/mol. The van der Waals surface area contributed by atoms with Crippen molar-refractivity contribution >= 4 is 21.6 Å². The topological polar surface area (TPSA) is 12.0 Å². The van der Waals surface area contributed by atoms with E-state index in [1.165, 1.54) is 12.1 Å². The summed E-state index contributed by atoms with van der Waals surface area (Å²) in [6, 6.07) is 5.14. The third-order valence-electron chi connectivity index (χ3n) is 2.42. The minimum atomic E-state index is -0.202. The van der Waals surface area contributed by atoms with Crippen LogP contribution in [0.5, 0.6) is 0 Å². The van der Waals surface area contributed by atoms with E-state index in [1.807, 2.05) is 0 Å². The summed E-state index contributed by atoms with van der Waals surface area (Å²) < 4.78 is 13.9. The van der Waals surface area contributed by atoms with Crippen molar-refractivity contribution in [1.82, 2.24) is 0 Å². The Morgan fingerprint density at radius 2 is 2.13 bits per heavy atom. The first-order valence-corrected chi connectivity index (χ1v) is 6.18. The summed E-state index contributed by atoms with van der Waals surface area (Å²) in [7, 11) is 0. The molecular weight excluding hydrogens is 257 g/mol. The molecule has 3 heteroatoms. The van der Waals surface area contributed by atoms with Gasteiger partial charge in [0.1, 0.15) is 5.82 Å². The fourth-order valence-corrected chi connectivity index (χ4v) is 1.92. The highest BCUT2D eigenvalue weighted by Gasteiger charge is 2.07. The lowest BCUT2D eigenvalue weighted by Gasteiger charge is -2.18. The summed E-state index contributed by atoms with van der Waals surface area (Å²) in [5.74, 6) is -0.202.